The third-order valence-electron chi connectivity index (χ3n) is 3.62. The van der Waals surface area contributed by atoms with E-state index in [2.05, 4.69) is 0 Å². The van der Waals surface area contributed by atoms with E-state index in [1.807, 2.05) is 11.8 Å². The van der Waals surface area contributed by atoms with Crippen LogP contribution in [0, 0.1) is 16.0 Å². The summed E-state index contributed by atoms with van der Waals surface area (Å²) in [6, 6.07) is 4.46. The van der Waals surface area contributed by atoms with Gasteiger partial charge in [0.05, 0.1) is 16.6 Å². The van der Waals surface area contributed by atoms with E-state index in [-0.39, 0.29) is 17.2 Å². The van der Waals surface area contributed by atoms with Crippen LogP contribution in [0.1, 0.15) is 23.7 Å². The van der Waals surface area contributed by atoms with Gasteiger partial charge in [-0.15, -0.1) is 0 Å². The van der Waals surface area contributed by atoms with Crippen molar-refractivity contribution in [1.29, 1.82) is 0 Å². The second-order valence-corrected chi connectivity index (χ2v) is 4.90. The van der Waals surface area contributed by atoms with Crippen LogP contribution in [0.3, 0.4) is 0 Å². The smallest absolute Gasteiger partial charge is 0.280 e. The molecule has 0 aromatic heterocycles. The summed E-state index contributed by atoms with van der Waals surface area (Å²) in [5, 5.41) is 20.6. The van der Waals surface area contributed by atoms with Crippen molar-refractivity contribution in [3.63, 3.8) is 0 Å². The van der Waals surface area contributed by atoms with E-state index in [1.54, 1.807) is 6.07 Å². The standard InChI is InChI=1S/C13H16N2O4/c1-9-4-5-14(7-13(9)17)11-2-3-12(15(18)19)10(6-11)8-16/h2-3,6,8-9,13,17H,4-5,7H2,1H3. The maximum absolute atomic E-state index is 10.9. The Morgan fingerprint density at radius 3 is 2.84 bits per heavy atom. The van der Waals surface area contributed by atoms with Crippen molar-refractivity contribution in [3.8, 4) is 0 Å². The highest BCUT2D eigenvalue weighted by Gasteiger charge is 2.25. The quantitative estimate of drug-likeness (QED) is 0.509. The molecule has 1 aliphatic rings. The first-order chi connectivity index (χ1) is 9.02. The molecule has 1 saturated heterocycles. The number of anilines is 1. The molecule has 1 N–H and O–H groups in total. The molecule has 1 heterocycles. The summed E-state index contributed by atoms with van der Waals surface area (Å²) >= 11 is 0. The lowest BCUT2D eigenvalue weighted by atomic mass is 9.95. The maximum atomic E-state index is 10.9. The van der Waals surface area contributed by atoms with Crippen molar-refractivity contribution in [2.24, 2.45) is 5.92 Å². The second-order valence-electron chi connectivity index (χ2n) is 4.90. The van der Waals surface area contributed by atoms with Crippen molar-refractivity contribution < 1.29 is 14.8 Å². The largest absolute Gasteiger partial charge is 0.391 e. The summed E-state index contributed by atoms with van der Waals surface area (Å²) in [6.45, 7) is 3.25. The van der Waals surface area contributed by atoms with Crippen molar-refractivity contribution >= 4 is 17.7 Å². The zero-order valence-corrected chi connectivity index (χ0v) is 10.7. The number of aliphatic hydroxyl groups is 1. The van der Waals surface area contributed by atoms with Gasteiger partial charge in [-0.05, 0) is 24.5 Å². The minimum absolute atomic E-state index is 0.0654. The van der Waals surface area contributed by atoms with E-state index in [1.165, 1.54) is 12.1 Å². The maximum Gasteiger partial charge on any atom is 0.280 e. The molecule has 19 heavy (non-hydrogen) atoms. The Hall–Kier alpha value is -1.95. The molecule has 102 valence electrons. The van der Waals surface area contributed by atoms with Gasteiger partial charge in [0.25, 0.3) is 5.69 Å². The van der Waals surface area contributed by atoms with Gasteiger partial charge in [-0.25, -0.2) is 0 Å². The lowest BCUT2D eigenvalue weighted by Gasteiger charge is -2.35. The topological polar surface area (TPSA) is 83.7 Å². The highest BCUT2D eigenvalue weighted by molar-refractivity contribution is 5.83. The molecule has 6 heteroatoms. The number of carbonyl (C=O) groups is 1. The molecule has 1 aromatic carbocycles. The molecule has 0 bridgehead atoms. The van der Waals surface area contributed by atoms with Gasteiger partial charge in [-0.3, -0.25) is 14.9 Å². The molecule has 2 unspecified atom stereocenters. The lowest BCUT2D eigenvalue weighted by molar-refractivity contribution is -0.385. The Bertz CT molecular complexity index is 503. The third kappa shape index (κ3) is 2.73. The Morgan fingerprint density at radius 1 is 1.53 bits per heavy atom. The second kappa shape index (κ2) is 5.36. The molecule has 1 aliphatic heterocycles. The van der Waals surface area contributed by atoms with Crippen LogP contribution in [-0.4, -0.2) is 35.5 Å². The number of rotatable bonds is 3. The minimum atomic E-state index is -0.569. The molecule has 0 aliphatic carbocycles. The Morgan fingerprint density at radius 2 is 2.26 bits per heavy atom. The number of carbonyl (C=O) groups excluding carboxylic acids is 1. The first-order valence-corrected chi connectivity index (χ1v) is 6.19. The highest BCUT2D eigenvalue weighted by atomic mass is 16.6. The summed E-state index contributed by atoms with van der Waals surface area (Å²) in [6.07, 6.45) is 0.933. The number of nitro benzene ring substituents is 1. The molecule has 6 nitrogen and oxygen atoms in total. The fraction of sp³-hybridized carbons (Fsp3) is 0.462. The molecule has 2 atom stereocenters. The fourth-order valence-electron chi connectivity index (χ4n) is 2.28. The van der Waals surface area contributed by atoms with E-state index in [9.17, 15) is 20.0 Å². The number of piperidine rings is 1. The Balaban J connectivity index is 2.26. The number of hydrogen-bond donors (Lipinski definition) is 1. The van der Waals surface area contributed by atoms with Gasteiger partial charge < -0.3 is 10.0 Å². The first kappa shape index (κ1) is 13.5. The van der Waals surface area contributed by atoms with Crippen LogP contribution in [0.2, 0.25) is 0 Å². The van der Waals surface area contributed by atoms with Gasteiger partial charge in [0.1, 0.15) is 0 Å². The molecule has 2 rings (SSSR count). The number of hydrogen-bond acceptors (Lipinski definition) is 5. The predicted molar refractivity (Wildman–Crippen MR) is 70.5 cm³/mol. The van der Waals surface area contributed by atoms with Crippen molar-refractivity contribution in [2.45, 2.75) is 19.4 Å². The molecular formula is C13H16N2O4. The summed E-state index contributed by atoms with van der Waals surface area (Å²) in [7, 11) is 0. The van der Waals surface area contributed by atoms with Crippen LogP contribution in [0.5, 0.6) is 0 Å². The van der Waals surface area contributed by atoms with Crippen LogP contribution >= 0.6 is 0 Å². The molecule has 0 saturated carbocycles. The van der Waals surface area contributed by atoms with Crippen LogP contribution in [-0.2, 0) is 0 Å². The number of β-amino-alcohol motifs (C(OH)–C–C–N with tert-alkyl or cyclic N) is 1. The average molecular weight is 264 g/mol. The van der Waals surface area contributed by atoms with Crippen LogP contribution in [0.15, 0.2) is 18.2 Å². The van der Waals surface area contributed by atoms with Crippen LogP contribution in [0.25, 0.3) is 0 Å². The van der Waals surface area contributed by atoms with Crippen molar-refractivity contribution in [2.75, 3.05) is 18.0 Å². The normalized spacial score (nSPS) is 23.2. The van der Waals surface area contributed by atoms with E-state index < -0.39 is 11.0 Å². The molecule has 0 radical (unpaired) electrons. The summed E-state index contributed by atoms with van der Waals surface area (Å²) in [4.78, 5) is 23.0. The first-order valence-electron chi connectivity index (χ1n) is 6.19. The molecule has 0 spiro atoms. The van der Waals surface area contributed by atoms with E-state index in [0.717, 1.165) is 18.7 Å². The summed E-state index contributed by atoms with van der Waals surface area (Å²) < 4.78 is 0. The van der Waals surface area contributed by atoms with Gasteiger partial charge in [0.15, 0.2) is 6.29 Å². The number of aliphatic hydroxyl groups excluding tert-OH is 1. The average Bonchev–Trinajstić information content (AvgIpc) is 2.41. The van der Waals surface area contributed by atoms with Crippen molar-refractivity contribution in [3.05, 3.63) is 33.9 Å². The van der Waals surface area contributed by atoms with Crippen LogP contribution < -0.4 is 4.90 Å². The zero-order chi connectivity index (χ0) is 14.0. The molecular weight excluding hydrogens is 248 g/mol. The number of aldehydes is 1. The third-order valence-corrected chi connectivity index (χ3v) is 3.62. The van der Waals surface area contributed by atoms with Gasteiger partial charge in [0.2, 0.25) is 0 Å². The van der Waals surface area contributed by atoms with E-state index in [0.29, 0.717) is 12.8 Å². The number of benzene rings is 1. The lowest BCUT2D eigenvalue weighted by Crippen LogP contribution is -2.42. The van der Waals surface area contributed by atoms with Crippen molar-refractivity contribution in [1.82, 2.24) is 0 Å². The van der Waals surface area contributed by atoms with Gasteiger partial charge >= 0.3 is 0 Å². The summed E-state index contributed by atoms with van der Waals surface area (Å²) in [5.74, 6) is 0.250. The Labute approximate surface area is 110 Å². The highest BCUT2D eigenvalue weighted by Crippen LogP contribution is 2.27. The SMILES string of the molecule is CC1CCN(c2ccc([N+](=O)[O-])c(C=O)c2)CC1O. The molecule has 1 fully saturated rings. The van der Waals surface area contributed by atoms with E-state index >= 15 is 0 Å². The number of nitro groups is 1. The Kier molecular flexibility index (Phi) is 3.80. The van der Waals surface area contributed by atoms with Gasteiger partial charge in [0, 0.05) is 24.8 Å². The zero-order valence-electron chi connectivity index (χ0n) is 10.7. The molecule has 1 aromatic rings. The molecule has 0 amide bonds. The number of nitrogens with zero attached hydrogens (tertiary/aromatic N) is 2. The minimum Gasteiger partial charge on any atom is -0.391 e. The predicted octanol–water partition coefficient (Wildman–Crippen LogP) is 1.61. The van der Waals surface area contributed by atoms with Gasteiger partial charge in [-0.2, -0.15) is 0 Å². The van der Waals surface area contributed by atoms with Crippen LogP contribution in [0.4, 0.5) is 11.4 Å². The van der Waals surface area contributed by atoms with Gasteiger partial charge in [-0.1, -0.05) is 6.92 Å². The summed E-state index contributed by atoms with van der Waals surface area (Å²) in [5.41, 5.74) is 0.610. The fourth-order valence-corrected chi connectivity index (χ4v) is 2.28. The van der Waals surface area contributed by atoms with E-state index in [4.69, 9.17) is 0 Å². The monoisotopic (exact) mass is 264 g/mol.